The van der Waals surface area contributed by atoms with E-state index in [1.54, 1.807) is 7.11 Å². The van der Waals surface area contributed by atoms with Gasteiger partial charge in [-0.25, -0.2) is 0 Å². The molecule has 1 aromatic carbocycles. The van der Waals surface area contributed by atoms with E-state index in [4.69, 9.17) is 15.3 Å². The molecule has 4 heteroatoms. The minimum Gasteiger partial charge on any atom is -0.491 e. The Morgan fingerprint density at radius 2 is 2.00 bits per heavy atom. The molecule has 2 rings (SSSR count). The van der Waals surface area contributed by atoms with E-state index in [-0.39, 0.29) is 6.04 Å². The SMILES string of the molecule is COCCOc1ccccc1C(CCC1CCCC1)NN. The molecule has 0 aliphatic heterocycles. The fraction of sp³-hybridized carbons (Fsp3) is 0.647. The molecule has 0 bridgehead atoms. The van der Waals surface area contributed by atoms with Crippen molar-refractivity contribution in [3.8, 4) is 5.75 Å². The van der Waals surface area contributed by atoms with E-state index < -0.39 is 0 Å². The summed E-state index contributed by atoms with van der Waals surface area (Å²) < 4.78 is 10.9. The van der Waals surface area contributed by atoms with Gasteiger partial charge >= 0.3 is 0 Å². The van der Waals surface area contributed by atoms with E-state index in [0.29, 0.717) is 13.2 Å². The minimum atomic E-state index is 0.157. The molecule has 4 nitrogen and oxygen atoms in total. The van der Waals surface area contributed by atoms with Crippen LogP contribution in [0.1, 0.15) is 50.1 Å². The molecule has 1 aliphatic carbocycles. The number of ether oxygens (including phenoxy) is 2. The Kier molecular flexibility index (Phi) is 7.00. The number of hydrogen-bond donors (Lipinski definition) is 2. The van der Waals surface area contributed by atoms with Crippen molar-refractivity contribution in [1.82, 2.24) is 5.43 Å². The average Bonchev–Trinajstić information content (AvgIpc) is 3.03. The molecule has 1 aromatic rings. The second-order valence-electron chi connectivity index (χ2n) is 5.83. The summed E-state index contributed by atoms with van der Waals surface area (Å²) in [6.45, 7) is 1.16. The van der Waals surface area contributed by atoms with E-state index in [1.165, 1.54) is 32.1 Å². The molecule has 118 valence electrons. The van der Waals surface area contributed by atoms with Crippen LogP contribution in [0.4, 0.5) is 0 Å². The van der Waals surface area contributed by atoms with Gasteiger partial charge < -0.3 is 9.47 Å². The van der Waals surface area contributed by atoms with Crippen LogP contribution < -0.4 is 16.0 Å². The number of nitrogens with one attached hydrogen (secondary N) is 1. The fourth-order valence-corrected chi connectivity index (χ4v) is 3.16. The topological polar surface area (TPSA) is 56.5 Å². The van der Waals surface area contributed by atoms with Gasteiger partial charge in [0.05, 0.1) is 6.61 Å². The molecule has 0 saturated heterocycles. The third-order valence-corrected chi connectivity index (χ3v) is 4.38. The van der Waals surface area contributed by atoms with E-state index in [9.17, 15) is 0 Å². The molecule has 1 unspecified atom stereocenters. The zero-order valence-corrected chi connectivity index (χ0v) is 13.0. The number of nitrogens with two attached hydrogens (primary N) is 1. The monoisotopic (exact) mass is 292 g/mol. The van der Waals surface area contributed by atoms with Crippen LogP contribution in [0.15, 0.2) is 24.3 Å². The molecular formula is C17H28N2O2. The first-order valence-corrected chi connectivity index (χ1v) is 8.02. The van der Waals surface area contributed by atoms with E-state index in [0.717, 1.165) is 23.7 Å². The van der Waals surface area contributed by atoms with E-state index >= 15 is 0 Å². The highest BCUT2D eigenvalue weighted by Gasteiger charge is 2.19. The molecule has 1 saturated carbocycles. The maximum atomic E-state index is 5.81. The lowest BCUT2D eigenvalue weighted by molar-refractivity contribution is 0.145. The van der Waals surface area contributed by atoms with Gasteiger partial charge in [0, 0.05) is 18.7 Å². The van der Waals surface area contributed by atoms with Crippen molar-refractivity contribution in [3.05, 3.63) is 29.8 Å². The summed E-state index contributed by atoms with van der Waals surface area (Å²) in [5.41, 5.74) is 4.11. The smallest absolute Gasteiger partial charge is 0.124 e. The fourth-order valence-electron chi connectivity index (χ4n) is 3.16. The standard InChI is InChI=1S/C17H28N2O2/c1-20-12-13-21-17-9-5-4-8-15(17)16(19-18)11-10-14-6-2-3-7-14/h4-5,8-9,14,16,19H,2-3,6-7,10-13,18H2,1H3. The van der Waals surface area contributed by atoms with Gasteiger partial charge in [-0.15, -0.1) is 0 Å². The van der Waals surface area contributed by atoms with Crippen molar-refractivity contribution in [2.24, 2.45) is 11.8 Å². The van der Waals surface area contributed by atoms with Crippen LogP contribution in [0.3, 0.4) is 0 Å². The molecule has 0 radical (unpaired) electrons. The van der Waals surface area contributed by atoms with Crippen molar-refractivity contribution < 1.29 is 9.47 Å². The number of benzene rings is 1. The molecule has 0 aromatic heterocycles. The van der Waals surface area contributed by atoms with Crippen LogP contribution in [0.2, 0.25) is 0 Å². The minimum absolute atomic E-state index is 0.157. The Hall–Kier alpha value is -1.10. The quantitative estimate of drug-likeness (QED) is 0.417. The summed E-state index contributed by atoms with van der Waals surface area (Å²) >= 11 is 0. The van der Waals surface area contributed by atoms with Crippen LogP contribution >= 0.6 is 0 Å². The Morgan fingerprint density at radius 3 is 2.71 bits per heavy atom. The molecule has 21 heavy (non-hydrogen) atoms. The second-order valence-corrected chi connectivity index (χ2v) is 5.83. The summed E-state index contributed by atoms with van der Waals surface area (Å²) in [6, 6.07) is 8.30. The van der Waals surface area contributed by atoms with Gasteiger partial charge in [0.2, 0.25) is 0 Å². The maximum absolute atomic E-state index is 5.81. The summed E-state index contributed by atoms with van der Waals surface area (Å²) in [4.78, 5) is 0. The zero-order chi connectivity index (χ0) is 14.9. The first-order chi connectivity index (χ1) is 10.3. The van der Waals surface area contributed by atoms with Gasteiger partial charge in [-0.3, -0.25) is 11.3 Å². The molecule has 3 N–H and O–H groups in total. The van der Waals surface area contributed by atoms with Crippen molar-refractivity contribution in [1.29, 1.82) is 0 Å². The molecule has 1 atom stereocenters. The Morgan fingerprint density at radius 1 is 1.24 bits per heavy atom. The number of methoxy groups -OCH3 is 1. The Labute approximate surface area is 128 Å². The van der Waals surface area contributed by atoms with Gasteiger partial charge in [-0.05, 0) is 24.8 Å². The van der Waals surface area contributed by atoms with Gasteiger partial charge in [0.1, 0.15) is 12.4 Å². The highest BCUT2D eigenvalue weighted by Crippen LogP contribution is 2.33. The lowest BCUT2D eigenvalue weighted by atomic mass is 9.95. The van der Waals surface area contributed by atoms with Gasteiger partial charge in [0.15, 0.2) is 0 Å². The van der Waals surface area contributed by atoms with Gasteiger partial charge in [-0.1, -0.05) is 43.9 Å². The van der Waals surface area contributed by atoms with Crippen LogP contribution in [-0.2, 0) is 4.74 Å². The van der Waals surface area contributed by atoms with Crippen molar-refractivity contribution >= 4 is 0 Å². The average molecular weight is 292 g/mol. The molecule has 0 heterocycles. The number of para-hydroxylation sites is 1. The van der Waals surface area contributed by atoms with Crippen LogP contribution in [-0.4, -0.2) is 20.3 Å². The molecule has 1 fully saturated rings. The number of hydrogen-bond acceptors (Lipinski definition) is 4. The van der Waals surface area contributed by atoms with E-state index in [1.807, 2.05) is 18.2 Å². The molecular weight excluding hydrogens is 264 g/mol. The maximum Gasteiger partial charge on any atom is 0.124 e. The Balaban J connectivity index is 1.95. The lowest BCUT2D eigenvalue weighted by Gasteiger charge is -2.21. The largest absolute Gasteiger partial charge is 0.491 e. The zero-order valence-electron chi connectivity index (χ0n) is 13.0. The second kappa shape index (κ2) is 9.03. The Bertz CT molecular complexity index is 406. The summed E-state index contributed by atoms with van der Waals surface area (Å²) in [6.07, 6.45) is 7.84. The van der Waals surface area contributed by atoms with Crippen molar-refractivity contribution in [3.63, 3.8) is 0 Å². The van der Waals surface area contributed by atoms with E-state index in [2.05, 4.69) is 11.5 Å². The van der Waals surface area contributed by atoms with Crippen molar-refractivity contribution in [2.75, 3.05) is 20.3 Å². The van der Waals surface area contributed by atoms with Gasteiger partial charge in [-0.2, -0.15) is 0 Å². The summed E-state index contributed by atoms with van der Waals surface area (Å²) in [7, 11) is 1.68. The third-order valence-electron chi connectivity index (χ3n) is 4.38. The first-order valence-electron chi connectivity index (χ1n) is 8.02. The normalized spacial score (nSPS) is 17.0. The summed E-state index contributed by atoms with van der Waals surface area (Å²) in [5.74, 6) is 7.57. The third kappa shape index (κ3) is 4.99. The predicted molar refractivity (Wildman–Crippen MR) is 85.1 cm³/mol. The van der Waals surface area contributed by atoms with Crippen LogP contribution in [0.25, 0.3) is 0 Å². The number of rotatable bonds is 9. The highest BCUT2D eigenvalue weighted by atomic mass is 16.5. The molecule has 0 amide bonds. The summed E-state index contributed by atoms with van der Waals surface area (Å²) in [5, 5.41) is 0. The number of hydrazine groups is 1. The van der Waals surface area contributed by atoms with Crippen molar-refractivity contribution in [2.45, 2.75) is 44.6 Å². The predicted octanol–water partition coefficient (Wildman–Crippen LogP) is 3.19. The molecule has 0 spiro atoms. The molecule has 1 aliphatic rings. The lowest BCUT2D eigenvalue weighted by Crippen LogP contribution is -2.29. The first kappa shape index (κ1) is 16.3. The van der Waals surface area contributed by atoms with Crippen LogP contribution in [0, 0.1) is 5.92 Å². The van der Waals surface area contributed by atoms with Gasteiger partial charge in [0.25, 0.3) is 0 Å². The van der Waals surface area contributed by atoms with Crippen LogP contribution in [0.5, 0.6) is 5.75 Å². The highest BCUT2D eigenvalue weighted by molar-refractivity contribution is 5.35.